The monoisotopic (exact) mass is 195 g/mol. The molecule has 0 saturated heterocycles. The van der Waals surface area contributed by atoms with E-state index in [1.54, 1.807) is 24.3 Å². The van der Waals surface area contributed by atoms with E-state index in [-0.39, 0.29) is 23.1 Å². The van der Waals surface area contributed by atoms with Gasteiger partial charge in [-0.1, -0.05) is 25.1 Å². The predicted octanol–water partition coefficient (Wildman–Crippen LogP) is 2.16. The molecule has 14 heavy (non-hydrogen) atoms. The summed E-state index contributed by atoms with van der Waals surface area (Å²) in [7, 11) is 0. The van der Waals surface area contributed by atoms with E-state index in [1.165, 1.54) is 0 Å². The van der Waals surface area contributed by atoms with Crippen LogP contribution in [0.2, 0.25) is 0 Å². The Balaban J connectivity index is 2.89. The van der Waals surface area contributed by atoms with E-state index in [9.17, 15) is 15.2 Å². The number of benzene rings is 1. The van der Waals surface area contributed by atoms with Crippen LogP contribution in [0.15, 0.2) is 24.3 Å². The first-order valence-corrected chi connectivity index (χ1v) is 4.54. The molecule has 1 aromatic rings. The number of aromatic hydroxyl groups is 1. The molecule has 1 N–H and O–H groups in total. The zero-order valence-electron chi connectivity index (χ0n) is 8.01. The van der Waals surface area contributed by atoms with Crippen LogP contribution in [0.1, 0.15) is 24.8 Å². The summed E-state index contributed by atoms with van der Waals surface area (Å²) >= 11 is 0. The van der Waals surface area contributed by atoms with Gasteiger partial charge in [0.15, 0.2) is 0 Å². The summed E-state index contributed by atoms with van der Waals surface area (Å²) in [6.07, 6.45) is 0.651. The second-order valence-electron chi connectivity index (χ2n) is 3.18. The minimum Gasteiger partial charge on any atom is -0.508 e. The fourth-order valence-electron chi connectivity index (χ4n) is 1.46. The van der Waals surface area contributed by atoms with E-state index < -0.39 is 0 Å². The van der Waals surface area contributed by atoms with Crippen LogP contribution in [0.25, 0.3) is 0 Å². The highest BCUT2D eigenvalue weighted by molar-refractivity contribution is 5.34. The Morgan fingerprint density at radius 2 is 2.14 bits per heavy atom. The van der Waals surface area contributed by atoms with E-state index in [0.29, 0.717) is 12.0 Å². The lowest BCUT2D eigenvalue weighted by molar-refractivity contribution is -0.483. The van der Waals surface area contributed by atoms with Crippen LogP contribution in [-0.4, -0.2) is 16.6 Å². The second-order valence-corrected chi connectivity index (χ2v) is 3.18. The molecular weight excluding hydrogens is 182 g/mol. The van der Waals surface area contributed by atoms with Crippen molar-refractivity contribution in [3.05, 3.63) is 39.9 Å². The number of phenolic OH excluding ortho intramolecular Hbond substituents is 1. The lowest BCUT2D eigenvalue weighted by atomic mass is 9.96. The molecule has 0 unspecified atom stereocenters. The average Bonchev–Trinajstić information content (AvgIpc) is 2.15. The molecule has 4 heteroatoms. The lowest BCUT2D eigenvalue weighted by Crippen LogP contribution is -2.11. The van der Waals surface area contributed by atoms with Crippen LogP contribution in [0.4, 0.5) is 0 Å². The number of rotatable bonds is 4. The van der Waals surface area contributed by atoms with Crippen molar-refractivity contribution in [2.45, 2.75) is 19.3 Å². The Kier molecular flexibility index (Phi) is 3.45. The molecule has 0 saturated carbocycles. The Bertz CT molecular complexity index is 325. The van der Waals surface area contributed by atoms with Crippen LogP contribution in [-0.2, 0) is 0 Å². The number of hydrogen-bond donors (Lipinski definition) is 1. The van der Waals surface area contributed by atoms with E-state index in [2.05, 4.69) is 0 Å². The summed E-state index contributed by atoms with van der Waals surface area (Å²) in [6, 6.07) is 6.76. The van der Waals surface area contributed by atoms with Crippen LogP contribution in [0, 0.1) is 10.1 Å². The SMILES string of the molecule is CC[C@@H](C[N+](=O)[O-])c1ccccc1O. The maximum absolute atomic E-state index is 10.4. The smallest absolute Gasteiger partial charge is 0.210 e. The molecule has 0 fully saturated rings. The second kappa shape index (κ2) is 4.60. The molecule has 0 aliphatic heterocycles. The highest BCUT2D eigenvalue weighted by atomic mass is 16.6. The Hall–Kier alpha value is -1.58. The molecule has 0 radical (unpaired) electrons. The number of hydrogen-bond acceptors (Lipinski definition) is 3. The fraction of sp³-hybridized carbons (Fsp3) is 0.400. The van der Waals surface area contributed by atoms with Crippen LogP contribution >= 0.6 is 0 Å². The molecule has 1 rings (SSSR count). The van der Waals surface area contributed by atoms with E-state index in [0.717, 1.165) is 0 Å². The van der Waals surface area contributed by atoms with Crippen molar-refractivity contribution in [2.24, 2.45) is 0 Å². The van der Waals surface area contributed by atoms with Crippen molar-refractivity contribution in [1.29, 1.82) is 0 Å². The van der Waals surface area contributed by atoms with E-state index in [1.807, 2.05) is 6.92 Å². The molecular formula is C10H13NO3. The van der Waals surface area contributed by atoms with Gasteiger partial charge in [0.1, 0.15) is 5.75 Å². The number of nitrogens with zero attached hydrogens (tertiary/aromatic N) is 1. The molecule has 0 spiro atoms. The minimum absolute atomic E-state index is 0.131. The van der Waals surface area contributed by atoms with Gasteiger partial charge in [0.2, 0.25) is 6.54 Å². The van der Waals surface area contributed by atoms with Crippen molar-refractivity contribution in [3.63, 3.8) is 0 Å². The van der Waals surface area contributed by atoms with Gasteiger partial charge in [-0.25, -0.2) is 0 Å². The summed E-state index contributed by atoms with van der Waals surface area (Å²) in [5.41, 5.74) is 0.659. The highest BCUT2D eigenvalue weighted by Crippen LogP contribution is 2.27. The predicted molar refractivity (Wildman–Crippen MR) is 53.0 cm³/mol. The number of para-hydroxylation sites is 1. The summed E-state index contributed by atoms with van der Waals surface area (Å²) < 4.78 is 0. The van der Waals surface area contributed by atoms with Gasteiger partial charge < -0.3 is 5.11 Å². The van der Waals surface area contributed by atoms with Crippen molar-refractivity contribution in [1.82, 2.24) is 0 Å². The van der Waals surface area contributed by atoms with Crippen molar-refractivity contribution >= 4 is 0 Å². The summed E-state index contributed by atoms with van der Waals surface area (Å²) in [4.78, 5) is 10.0. The quantitative estimate of drug-likeness (QED) is 0.591. The minimum atomic E-state index is -0.347. The number of phenols is 1. The van der Waals surface area contributed by atoms with Gasteiger partial charge in [-0.2, -0.15) is 0 Å². The van der Waals surface area contributed by atoms with Gasteiger partial charge in [-0.3, -0.25) is 10.1 Å². The van der Waals surface area contributed by atoms with Gasteiger partial charge in [0.25, 0.3) is 0 Å². The van der Waals surface area contributed by atoms with Gasteiger partial charge in [0, 0.05) is 10.5 Å². The highest BCUT2D eigenvalue weighted by Gasteiger charge is 2.18. The summed E-state index contributed by atoms with van der Waals surface area (Å²) in [6.45, 7) is 1.74. The van der Waals surface area contributed by atoms with Gasteiger partial charge in [-0.05, 0) is 12.5 Å². The molecule has 0 aromatic heterocycles. The molecule has 0 amide bonds. The lowest BCUT2D eigenvalue weighted by Gasteiger charge is -2.11. The van der Waals surface area contributed by atoms with Crippen LogP contribution in [0.3, 0.4) is 0 Å². The van der Waals surface area contributed by atoms with Crippen LogP contribution < -0.4 is 0 Å². The zero-order chi connectivity index (χ0) is 10.6. The standard InChI is InChI=1S/C10H13NO3/c1-2-8(7-11(13)14)9-5-3-4-6-10(9)12/h3-6,8,12H,2,7H2,1H3/t8-/m0/s1. The molecule has 76 valence electrons. The van der Waals surface area contributed by atoms with E-state index in [4.69, 9.17) is 0 Å². The van der Waals surface area contributed by atoms with Crippen molar-refractivity contribution in [2.75, 3.05) is 6.54 Å². The van der Waals surface area contributed by atoms with Crippen molar-refractivity contribution in [3.8, 4) is 5.75 Å². The van der Waals surface area contributed by atoms with Crippen molar-refractivity contribution < 1.29 is 10.0 Å². The third-order valence-electron chi connectivity index (χ3n) is 2.24. The van der Waals surface area contributed by atoms with Crippen LogP contribution in [0.5, 0.6) is 5.75 Å². The summed E-state index contributed by atoms with van der Waals surface area (Å²) in [5.74, 6) is -0.0626. The maximum Gasteiger partial charge on any atom is 0.210 e. The normalized spacial score (nSPS) is 12.4. The molecule has 4 nitrogen and oxygen atoms in total. The zero-order valence-corrected chi connectivity index (χ0v) is 8.01. The Morgan fingerprint density at radius 3 is 2.64 bits per heavy atom. The van der Waals surface area contributed by atoms with Gasteiger partial charge >= 0.3 is 0 Å². The van der Waals surface area contributed by atoms with Gasteiger partial charge in [-0.15, -0.1) is 0 Å². The first kappa shape index (κ1) is 10.5. The maximum atomic E-state index is 10.4. The average molecular weight is 195 g/mol. The van der Waals surface area contributed by atoms with Gasteiger partial charge in [0.05, 0.1) is 5.92 Å². The third kappa shape index (κ3) is 2.45. The molecule has 0 aliphatic carbocycles. The Morgan fingerprint density at radius 1 is 1.50 bits per heavy atom. The fourth-order valence-corrected chi connectivity index (χ4v) is 1.46. The first-order valence-electron chi connectivity index (χ1n) is 4.54. The molecule has 1 atom stereocenters. The summed E-state index contributed by atoms with van der Waals surface area (Å²) in [5, 5.41) is 19.9. The molecule has 1 aromatic carbocycles. The molecule has 0 aliphatic rings. The van der Waals surface area contributed by atoms with E-state index >= 15 is 0 Å². The number of nitro groups is 1. The third-order valence-corrected chi connectivity index (χ3v) is 2.24. The topological polar surface area (TPSA) is 63.4 Å². The molecule has 0 bridgehead atoms. The first-order chi connectivity index (χ1) is 6.65. The Labute approximate surface area is 82.3 Å². The largest absolute Gasteiger partial charge is 0.508 e. The molecule has 0 heterocycles.